The Bertz CT molecular complexity index is 768. The fourth-order valence-electron chi connectivity index (χ4n) is 5.39. The van der Waals surface area contributed by atoms with E-state index in [1.54, 1.807) is 0 Å². The van der Waals surface area contributed by atoms with Crippen LogP contribution in [0.2, 0.25) is 0 Å². The van der Waals surface area contributed by atoms with Gasteiger partial charge in [0.05, 0.1) is 0 Å². The highest BCUT2D eigenvalue weighted by atomic mass is 16.1. The molecule has 0 aromatic carbocycles. The molecule has 28 heavy (non-hydrogen) atoms. The summed E-state index contributed by atoms with van der Waals surface area (Å²) in [5.41, 5.74) is 5.88. The molecule has 4 rings (SSSR count). The van der Waals surface area contributed by atoms with Gasteiger partial charge in [-0.05, 0) is 98.0 Å². The molecule has 0 heterocycles. The summed E-state index contributed by atoms with van der Waals surface area (Å²) in [4.78, 5) is 25.7. The van der Waals surface area contributed by atoms with Gasteiger partial charge in [0.1, 0.15) is 0 Å². The third-order valence-electron chi connectivity index (χ3n) is 7.03. The smallest absolute Gasteiger partial charge is 0.185 e. The Morgan fingerprint density at radius 3 is 1.39 bits per heavy atom. The van der Waals surface area contributed by atoms with Gasteiger partial charge in [0.15, 0.2) is 11.6 Å². The third kappa shape index (κ3) is 3.79. The maximum atomic E-state index is 13.5. The van der Waals surface area contributed by atoms with Crippen LogP contribution in [-0.2, 0) is 9.59 Å². The van der Waals surface area contributed by atoms with Crippen molar-refractivity contribution in [2.75, 3.05) is 0 Å². The fraction of sp³-hybridized carbons (Fsp3) is 0.538. The van der Waals surface area contributed by atoms with E-state index in [0.29, 0.717) is 17.6 Å². The Labute approximate surface area is 169 Å². The maximum Gasteiger partial charge on any atom is 0.185 e. The largest absolute Gasteiger partial charge is 0.289 e. The molecule has 0 amide bonds. The second kappa shape index (κ2) is 8.19. The standard InChI is InChI=1S/C26H32O2/c1-17-13-21(14-18(2)25(17)27)22-15-23(19-9-5-3-6-10-19)26(28)24(16-22)20-11-7-4-8-12-20/h13-16,19-20H,3-12H2,1-2H3. The predicted octanol–water partition coefficient (Wildman–Crippen LogP) is 6.35. The van der Waals surface area contributed by atoms with Gasteiger partial charge in [-0.1, -0.05) is 38.5 Å². The highest BCUT2D eigenvalue weighted by molar-refractivity contribution is 6.12. The van der Waals surface area contributed by atoms with Crippen molar-refractivity contribution in [2.45, 2.75) is 78.1 Å². The molecule has 0 bridgehead atoms. The zero-order valence-corrected chi connectivity index (χ0v) is 17.4. The normalized spacial score (nSPS) is 25.4. The molecule has 0 atom stereocenters. The van der Waals surface area contributed by atoms with Crippen molar-refractivity contribution >= 4 is 11.6 Å². The zero-order chi connectivity index (χ0) is 19.7. The lowest BCUT2D eigenvalue weighted by molar-refractivity contribution is -0.114. The van der Waals surface area contributed by atoms with Gasteiger partial charge in [0.2, 0.25) is 0 Å². The first-order valence-corrected chi connectivity index (χ1v) is 11.2. The van der Waals surface area contributed by atoms with Crippen molar-refractivity contribution in [2.24, 2.45) is 11.8 Å². The molecule has 2 fully saturated rings. The second-order valence-corrected chi connectivity index (χ2v) is 9.09. The lowest BCUT2D eigenvalue weighted by Crippen LogP contribution is -2.25. The fourth-order valence-corrected chi connectivity index (χ4v) is 5.39. The Kier molecular flexibility index (Phi) is 5.66. The monoisotopic (exact) mass is 376 g/mol. The average Bonchev–Trinajstić information content (AvgIpc) is 2.73. The van der Waals surface area contributed by atoms with E-state index in [9.17, 15) is 9.59 Å². The van der Waals surface area contributed by atoms with Gasteiger partial charge in [-0.3, -0.25) is 9.59 Å². The van der Waals surface area contributed by atoms with E-state index in [0.717, 1.165) is 59.1 Å². The van der Waals surface area contributed by atoms with E-state index in [1.165, 1.54) is 38.5 Å². The second-order valence-electron chi connectivity index (χ2n) is 9.09. The Hall–Kier alpha value is -1.96. The van der Waals surface area contributed by atoms with E-state index < -0.39 is 0 Å². The van der Waals surface area contributed by atoms with Crippen molar-refractivity contribution in [3.63, 3.8) is 0 Å². The predicted molar refractivity (Wildman–Crippen MR) is 114 cm³/mol. The topological polar surface area (TPSA) is 34.1 Å². The Balaban J connectivity index is 1.78. The number of hydrogen-bond donors (Lipinski definition) is 0. The van der Waals surface area contributed by atoms with Crippen LogP contribution in [0.3, 0.4) is 0 Å². The van der Waals surface area contributed by atoms with Crippen LogP contribution in [0, 0.1) is 11.8 Å². The van der Waals surface area contributed by atoms with E-state index in [4.69, 9.17) is 0 Å². The first-order chi connectivity index (χ1) is 13.5. The lowest BCUT2D eigenvalue weighted by Gasteiger charge is -2.31. The molecular weight excluding hydrogens is 344 g/mol. The molecule has 0 unspecified atom stereocenters. The van der Waals surface area contributed by atoms with Gasteiger partial charge in [0.25, 0.3) is 0 Å². The minimum absolute atomic E-state index is 0.129. The van der Waals surface area contributed by atoms with E-state index in [1.807, 2.05) is 26.0 Å². The molecule has 2 nitrogen and oxygen atoms in total. The van der Waals surface area contributed by atoms with Crippen LogP contribution < -0.4 is 0 Å². The molecule has 2 heteroatoms. The molecule has 0 saturated heterocycles. The van der Waals surface area contributed by atoms with Gasteiger partial charge >= 0.3 is 0 Å². The number of Topliss-reactive ketones (excluding diaryl/α,β-unsaturated/α-hetero) is 2. The lowest BCUT2D eigenvalue weighted by atomic mass is 9.72. The van der Waals surface area contributed by atoms with Crippen LogP contribution >= 0.6 is 0 Å². The van der Waals surface area contributed by atoms with Gasteiger partial charge in [-0.2, -0.15) is 0 Å². The van der Waals surface area contributed by atoms with Gasteiger partial charge in [-0.15, -0.1) is 0 Å². The molecule has 0 aliphatic heterocycles. The minimum atomic E-state index is 0.129. The van der Waals surface area contributed by atoms with E-state index in [-0.39, 0.29) is 5.78 Å². The molecule has 2 saturated carbocycles. The molecule has 148 valence electrons. The summed E-state index contributed by atoms with van der Waals surface area (Å²) in [6, 6.07) is 0. The van der Waals surface area contributed by atoms with Gasteiger partial charge < -0.3 is 0 Å². The number of carbonyl (C=O) groups excluding carboxylic acids is 2. The van der Waals surface area contributed by atoms with E-state index in [2.05, 4.69) is 12.2 Å². The molecule has 0 aromatic heterocycles. The SMILES string of the molecule is CC1=CC(=C2C=C(C3CCCCC3)C(=O)C(C3CCCCC3)=C2)C=C(C)C1=O. The summed E-state index contributed by atoms with van der Waals surface area (Å²) in [6.45, 7) is 3.79. The van der Waals surface area contributed by atoms with Crippen molar-refractivity contribution in [3.05, 3.63) is 57.7 Å². The number of carbonyl (C=O) groups is 2. The first-order valence-electron chi connectivity index (χ1n) is 11.2. The summed E-state index contributed by atoms with van der Waals surface area (Å²) in [5.74, 6) is 1.26. The van der Waals surface area contributed by atoms with Crippen LogP contribution in [0.15, 0.2) is 57.7 Å². The molecule has 4 aliphatic rings. The molecule has 0 spiro atoms. The quantitative estimate of drug-likeness (QED) is 0.562. The van der Waals surface area contributed by atoms with Crippen LogP contribution in [0.1, 0.15) is 78.1 Å². The third-order valence-corrected chi connectivity index (χ3v) is 7.03. The van der Waals surface area contributed by atoms with Gasteiger partial charge in [-0.25, -0.2) is 0 Å². The summed E-state index contributed by atoms with van der Waals surface area (Å²) in [6.07, 6.45) is 20.4. The zero-order valence-electron chi connectivity index (χ0n) is 17.4. The number of rotatable bonds is 2. The number of ketones is 2. The summed E-state index contributed by atoms with van der Waals surface area (Å²) < 4.78 is 0. The summed E-state index contributed by atoms with van der Waals surface area (Å²) in [5, 5.41) is 0. The molecule has 0 N–H and O–H groups in total. The van der Waals surface area contributed by atoms with Crippen molar-refractivity contribution in [1.82, 2.24) is 0 Å². The molecule has 4 aliphatic carbocycles. The van der Waals surface area contributed by atoms with Crippen LogP contribution in [0.4, 0.5) is 0 Å². The van der Waals surface area contributed by atoms with Crippen molar-refractivity contribution < 1.29 is 9.59 Å². The highest BCUT2D eigenvalue weighted by Crippen LogP contribution is 2.40. The van der Waals surface area contributed by atoms with Crippen LogP contribution in [0.25, 0.3) is 0 Å². The maximum absolute atomic E-state index is 13.5. The Morgan fingerprint density at radius 1 is 0.571 bits per heavy atom. The molecule has 0 aromatic rings. The number of allylic oxidation sites excluding steroid dienone is 10. The molecular formula is C26H32O2. The minimum Gasteiger partial charge on any atom is -0.289 e. The highest BCUT2D eigenvalue weighted by Gasteiger charge is 2.32. The van der Waals surface area contributed by atoms with E-state index >= 15 is 0 Å². The van der Waals surface area contributed by atoms with Crippen molar-refractivity contribution in [3.8, 4) is 0 Å². The average molecular weight is 377 g/mol. The van der Waals surface area contributed by atoms with Crippen LogP contribution in [0.5, 0.6) is 0 Å². The Morgan fingerprint density at radius 2 is 0.964 bits per heavy atom. The summed E-state index contributed by atoms with van der Waals surface area (Å²) in [7, 11) is 0. The number of hydrogen-bond acceptors (Lipinski definition) is 2. The molecule has 0 radical (unpaired) electrons. The first kappa shape index (κ1) is 19.4. The van der Waals surface area contributed by atoms with Gasteiger partial charge in [0, 0.05) is 11.1 Å². The van der Waals surface area contributed by atoms with Crippen LogP contribution in [-0.4, -0.2) is 11.6 Å². The summed E-state index contributed by atoms with van der Waals surface area (Å²) >= 11 is 0. The van der Waals surface area contributed by atoms with Crippen molar-refractivity contribution in [1.29, 1.82) is 0 Å².